The maximum atomic E-state index is 5.67. The van der Waals surface area contributed by atoms with E-state index < -0.39 is 0 Å². The summed E-state index contributed by atoms with van der Waals surface area (Å²) in [6, 6.07) is 8.80. The molecule has 0 saturated carbocycles. The number of ether oxygens (including phenoxy) is 2. The summed E-state index contributed by atoms with van der Waals surface area (Å²) >= 11 is 0. The molecule has 2 saturated heterocycles. The third kappa shape index (κ3) is 3.28. The van der Waals surface area contributed by atoms with Gasteiger partial charge < -0.3 is 29.2 Å². The molecule has 4 aromatic rings. The largest absolute Gasteiger partial charge is 0.377 e. The Balaban J connectivity index is 1.50. The predicted octanol–water partition coefficient (Wildman–Crippen LogP) is 2.95. The Hall–Kier alpha value is -3.17. The van der Waals surface area contributed by atoms with Crippen LogP contribution in [-0.4, -0.2) is 76.5 Å². The van der Waals surface area contributed by atoms with Crippen LogP contribution in [0, 0.1) is 0 Å². The molecule has 9 heteroatoms. The van der Waals surface area contributed by atoms with Gasteiger partial charge in [0.2, 0.25) is 5.95 Å². The van der Waals surface area contributed by atoms with Gasteiger partial charge in [-0.05, 0) is 31.4 Å². The molecule has 0 bridgehead atoms. The van der Waals surface area contributed by atoms with Crippen molar-refractivity contribution in [2.45, 2.75) is 25.9 Å². The summed E-state index contributed by atoms with van der Waals surface area (Å²) in [5, 5.41) is 1.18. The van der Waals surface area contributed by atoms with Crippen molar-refractivity contribution >= 4 is 33.8 Å². The molecule has 0 aliphatic carbocycles. The average Bonchev–Trinajstić information content (AvgIpc) is 3.45. The van der Waals surface area contributed by atoms with E-state index in [-0.39, 0.29) is 12.1 Å². The first-order valence-electron chi connectivity index (χ1n) is 11.2. The van der Waals surface area contributed by atoms with Crippen molar-refractivity contribution in [1.29, 1.82) is 0 Å². The molecule has 6 rings (SSSR count). The minimum atomic E-state index is 0.215. The van der Waals surface area contributed by atoms with Gasteiger partial charge >= 0.3 is 0 Å². The van der Waals surface area contributed by atoms with Crippen LogP contribution in [0.15, 0.2) is 30.5 Å². The number of benzene rings is 1. The number of hydrogen-bond donors (Lipinski definition) is 2. The van der Waals surface area contributed by atoms with E-state index in [1.807, 2.05) is 6.20 Å². The van der Waals surface area contributed by atoms with Gasteiger partial charge in [0.05, 0.1) is 38.5 Å². The van der Waals surface area contributed by atoms with Crippen molar-refractivity contribution in [2.75, 3.05) is 49.3 Å². The molecule has 0 spiro atoms. The van der Waals surface area contributed by atoms with Gasteiger partial charge in [-0.15, -0.1) is 0 Å². The standard InChI is InChI=1S/C23H27N7O2/c1-14-12-31-9-7-29(14)22-19-21(27-23(28-22)30-8-10-32-13-15(30)2)26-20(25-19)17-4-3-16-5-6-24-18(16)11-17/h3-6,11,14-15,24H,7-10,12-13H2,1-2H3,(H,25,26,27,28)/t14-,15?/m1/s1. The van der Waals surface area contributed by atoms with Gasteiger partial charge in [-0.1, -0.05) is 12.1 Å². The third-order valence-electron chi connectivity index (χ3n) is 6.41. The third-order valence-corrected chi connectivity index (χ3v) is 6.41. The van der Waals surface area contributed by atoms with E-state index in [4.69, 9.17) is 24.4 Å². The zero-order valence-corrected chi connectivity index (χ0v) is 18.3. The van der Waals surface area contributed by atoms with Crippen molar-refractivity contribution in [3.05, 3.63) is 30.5 Å². The molecule has 2 aliphatic rings. The first-order chi connectivity index (χ1) is 15.7. The summed E-state index contributed by atoms with van der Waals surface area (Å²) in [4.78, 5) is 26.2. The summed E-state index contributed by atoms with van der Waals surface area (Å²) in [5.41, 5.74) is 3.65. The lowest BCUT2D eigenvalue weighted by Crippen LogP contribution is -2.46. The van der Waals surface area contributed by atoms with Crippen LogP contribution in [0.2, 0.25) is 0 Å². The van der Waals surface area contributed by atoms with Crippen LogP contribution in [0.25, 0.3) is 33.5 Å². The van der Waals surface area contributed by atoms with E-state index in [0.717, 1.165) is 52.9 Å². The monoisotopic (exact) mass is 433 g/mol. The molecule has 5 heterocycles. The molecular weight excluding hydrogens is 406 g/mol. The topological polar surface area (TPSA) is 95.2 Å². The fraction of sp³-hybridized carbons (Fsp3) is 0.435. The number of aromatic nitrogens is 5. The fourth-order valence-electron chi connectivity index (χ4n) is 4.60. The molecule has 32 heavy (non-hydrogen) atoms. The summed E-state index contributed by atoms with van der Waals surface area (Å²) < 4.78 is 11.3. The van der Waals surface area contributed by atoms with Gasteiger partial charge in [-0.2, -0.15) is 9.97 Å². The molecule has 0 amide bonds. The Kier molecular flexibility index (Phi) is 4.73. The van der Waals surface area contributed by atoms with Crippen LogP contribution in [-0.2, 0) is 9.47 Å². The molecule has 2 atom stereocenters. The van der Waals surface area contributed by atoms with E-state index in [0.29, 0.717) is 26.4 Å². The quantitative estimate of drug-likeness (QED) is 0.513. The molecule has 166 valence electrons. The highest BCUT2D eigenvalue weighted by atomic mass is 16.5. The summed E-state index contributed by atoms with van der Waals surface area (Å²) in [6.45, 7) is 8.58. The van der Waals surface area contributed by atoms with Crippen molar-refractivity contribution in [3.8, 4) is 11.4 Å². The second kappa shape index (κ2) is 7.75. The van der Waals surface area contributed by atoms with Crippen molar-refractivity contribution in [3.63, 3.8) is 0 Å². The molecule has 2 aliphatic heterocycles. The molecule has 3 aromatic heterocycles. The molecule has 0 radical (unpaired) electrons. The SMILES string of the molecule is CC1COCCN1c1nc(N2CCOC[C@H]2C)c2nc(-c3ccc4cc[nH]c4c3)[nH]c2n1. The first kappa shape index (κ1) is 19.5. The molecular formula is C23H27N7O2. The van der Waals surface area contributed by atoms with Gasteiger partial charge in [0.25, 0.3) is 0 Å². The van der Waals surface area contributed by atoms with Crippen LogP contribution in [0.3, 0.4) is 0 Å². The average molecular weight is 434 g/mol. The Morgan fingerprint density at radius 1 is 0.938 bits per heavy atom. The number of fused-ring (bicyclic) bond motifs is 2. The van der Waals surface area contributed by atoms with Gasteiger partial charge in [-0.25, -0.2) is 4.98 Å². The number of hydrogen-bond acceptors (Lipinski definition) is 7. The Morgan fingerprint density at radius 3 is 2.50 bits per heavy atom. The summed E-state index contributed by atoms with van der Waals surface area (Å²) in [7, 11) is 0. The number of H-pyrrole nitrogens is 2. The molecule has 1 unspecified atom stereocenters. The number of imidazole rings is 1. The van der Waals surface area contributed by atoms with E-state index >= 15 is 0 Å². The summed E-state index contributed by atoms with van der Waals surface area (Å²) in [6.07, 6.45) is 1.95. The van der Waals surface area contributed by atoms with Crippen LogP contribution in [0.1, 0.15) is 13.8 Å². The second-order valence-corrected chi connectivity index (χ2v) is 8.64. The number of nitrogens with zero attached hydrogens (tertiary/aromatic N) is 5. The highest BCUT2D eigenvalue weighted by Gasteiger charge is 2.28. The lowest BCUT2D eigenvalue weighted by molar-refractivity contribution is 0.0973. The summed E-state index contributed by atoms with van der Waals surface area (Å²) in [5.74, 6) is 2.38. The van der Waals surface area contributed by atoms with E-state index in [2.05, 4.69) is 57.9 Å². The highest BCUT2D eigenvalue weighted by molar-refractivity contribution is 5.89. The fourth-order valence-corrected chi connectivity index (χ4v) is 4.60. The number of rotatable bonds is 3. The lowest BCUT2D eigenvalue weighted by Gasteiger charge is -2.36. The van der Waals surface area contributed by atoms with Gasteiger partial charge in [-0.3, -0.25) is 0 Å². The zero-order chi connectivity index (χ0) is 21.7. The Morgan fingerprint density at radius 2 is 1.72 bits per heavy atom. The second-order valence-electron chi connectivity index (χ2n) is 8.64. The van der Waals surface area contributed by atoms with Crippen molar-refractivity contribution in [1.82, 2.24) is 24.9 Å². The Bertz CT molecular complexity index is 1270. The van der Waals surface area contributed by atoms with E-state index in [1.165, 1.54) is 5.39 Å². The maximum Gasteiger partial charge on any atom is 0.229 e. The normalized spacial score (nSPS) is 22.2. The highest BCUT2D eigenvalue weighted by Crippen LogP contribution is 2.31. The molecule has 2 fully saturated rings. The van der Waals surface area contributed by atoms with Gasteiger partial charge in [0.1, 0.15) is 5.82 Å². The van der Waals surface area contributed by atoms with Crippen LogP contribution in [0.5, 0.6) is 0 Å². The Labute approximate surface area is 185 Å². The maximum absolute atomic E-state index is 5.67. The molecule has 9 nitrogen and oxygen atoms in total. The number of nitrogens with one attached hydrogen (secondary N) is 2. The molecule has 1 aromatic carbocycles. The molecule has 2 N–H and O–H groups in total. The lowest BCUT2D eigenvalue weighted by atomic mass is 10.1. The number of morpholine rings is 2. The van der Waals surface area contributed by atoms with Gasteiger partial charge in [0, 0.05) is 30.4 Å². The van der Waals surface area contributed by atoms with Crippen LogP contribution in [0.4, 0.5) is 11.8 Å². The first-order valence-corrected chi connectivity index (χ1v) is 11.2. The minimum absolute atomic E-state index is 0.215. The van der Waals surface area contributed by atoms with E-state index in [9.17, 15) is 0 Å². The smallest absolute Gasteiger partial charge is 0.229 e. The van der Waals surface area contributed by atoms with Crippen molar-refractivity contribution < 1.29 is 9.47 Å². The number of aromatic amines is 2. The van der Waals surface area contributed by atoms with Crippen LogP contribution < -0.4 is 9.80 Å². The van der Waals surface area contributed by atoms with Crippen molar-refractivity contribution in [2.24, 2.45) is 0 Å². The van der Waals surface area contributed by atoms with Gasteiger partial charge in [0.15, 0.2) is 17.0 Å². The predicted molar refractivity (Wildman–Crippen MR) is 124 cm³/mol. The van der Waals surface area contributed by atoms with Crippen LogP contribution >= 0.6 is 0 Å². The minimum Gasteiger partial charge on any atom is -0.377 e. The van der Waals surface area contributed by atoms with E-state index in [1.54, 1.807) is 0 Å². The number of anilines is 2. The zero-order valence-electron chi connectivity index (χ0n) is 18.3.